The van der Waals surface area contributed by atoms with Gasteiger partial charge in [0.15, 0.2) is 0 Å². The lowest BCUT2D eigenvalue weighted by atomic mass is 10.1. The Kier molecular flexibility index (Phi) is 13.8. The van der Waals surface area contributed by atoms with Crippen LogP contribution < -0.4 is 21.7 Å². The smallest absolute Gasteiger partial charge is 0.326 e. The summed E-state index contributed by atoms with van der Waals surface area (Å²) < 4.78 is 0. The average Bonchev–Trinajstić information content (AvgIpc) is 3.31. The Morgan fingerprint density at radius 1 is 0.943 bits per heavy atom. The van der Waals surface area contributed by atoms with E-state index >= 15 is 0 Å². The average molecular weight is 533 g/mol. The number of imidazole rings is 1. The van der Waals surface area contributed by atoms with Gasteiger partial charge < -0.3 is 36.9 Å². The van der Waals surface area contributed by atoms with Crippen LogP contribution in [0.4, 0.5) is 0 Å². The predicted molar refractivity (Wildman–Crippen MR) is 132 cm³/mol. The Labute approximate surface area is 211 Å². The Hall–Kier alpha value is -2.78. The molecule has 8 N–H and O–H groups in total. The van der Waals surface area contributed by atoms with Gasteiger partial charge in [-0.2, -0.15) is 23.5 Å². The van der Waals surface area contributed by atoms with E-state index < -0.39 is 60.2 Å². The summed E-state index contributed by atoms with van der Waals surface area (Å²) in [5.41, 5.74) is 6.37. The van der Waals surface area contributed by atoms with Gasteiger partial charge in [0, 0.05) is 18.3 Å². The Morgan fingerprint density at radius 2 is 1.51 bits per heavy atom. The van der Waals surface area contributed by atoms with E-state index in [-0.39, 0.29) is 12.8 Å². The van der Waals surface area contributed by atoms with Crippen LogP contribution in [0.5, 0.6) is 0 Å². The number of rotatable bonds is 17. The lowest BCUT2D eigenvalue weighted by Gasteiger charge is -2.25. The second-order valence-corrected chi connectivity index (χ2v) is 9.54. The number of aliphatic carboxylic acids is 2. The van der Waals surface area contributed by atoms with Gasteiger partial charge in [-0.25, -0.2) is 9.78 Å². The standard InChI is InChI=1S/C20H32N6O7S2/c1-34-5-3-12(21)17(29)24-13(4-6-35-2)18(30)25-14(7-11-9-22-10-23-11)19(31)26-15(20(32)33)8-16(27)28/h9-10,12-15H,3-8,21H2,1-2H3,(H,22,23)(H,24,29)(H,25,30)(H,26,31)(H,27,28)(H,32,33). The number of carbonyl (C=O) groups excluding carboxylic acids is 3. The fourth-order valence-electron chi connectivity index (χ4n) is 2.90. The summed E-state index contributed by atoms with van der Waals surface area (Å²) in [5.74, 6) is -3.79. The number of carbonyl (C=O) groups is 5. The number of aromatic amines is 1. The van der Waals surface area contributed by atoms with Crippen molar-refractivity contribution < 1.29 is 34.2 Å². The van der Waals surface area contributed by atoms with Crippen molar-refractivity contribution in [1.29, 1.82) is 0 Å². The van der Waals surface area contributed by atoms with Crippen LogP contribution in [-0.2, 0) is 30.4 Å². The topological polar surface area (TPSA) is 217 Å². The zero-order chi connectivity index (χ0) is 26.4. The summed E-state index contributed by atoms with van der Waals surface area (Å²) in [6.45, 7) is 0. The number of nitrogens with zero attached hydrogens (tertiary/aromatic N) is 1. The van der Waals surface area contributed by atoms with Crippen molar-refractivity contribution in [2.45, 2.75) is 49.9 Å². The molecule has 0 spiro atoms. The van der Waals surface area contributed by atoms with Crippen molar-refractivity contribution in [1.82, 2.24) is 25.9 Å². The maximum absolute atomic E-state index is 13.1. The van der Waals surface area contributed by atoms with E-state index in [2.05, 4.69) is 25.9 Å². The van der Waals surface area contributed by atoms with E-state index in [1.165, 1.54) is 36.0 Å². The third-order valence-corrected chi connectivity index (χ3v) is 6.11. The number of nitrogens with two attached hydrogens (primary N) is 1. The molecule has 4 unspecified atom stereocenters. The van der Waals surface area contributed by atoms with Crippen LogP contribution >= 0.6 is 23.5 Å². The van der Waals surface area contributed by atoms with Crippen LogP contribution in [-0.4, -0.2) is 98.0 Å². The zero-order valence-electron chi connectivity index (χ0n) is 19.5. The molecule has 1 aromatic heterocycles. The Balaban J connectivity index is 3.02. The van der Waals surface area contributed by atoms with E-state index in [0.29, 0.717) is 23.6 Å². The highest BCUT2D eigenvalue weighted by Crippen LogP contribution is 2.06. The highest BCUT2D eigenvalue weighted by molar-refractivity contribution is 7.98. The zero-order valence-corrected chi connectivity index (χ0v) is 21.1. The second kappa shape index (κ2) is 16.0. The van der Waals surface area contributed by atoms with Gasteiger partial charge in [0.1, 0.15) is 18.1 Å². The molecule has 0 saturated carbocycles. The number of aromatic nitrogens is 2. The fourth-order valence-corrected chi connectivity index (χ4v) is 3.87. The van der Waals surface area contributed by atoms with Gasteiger partial charge >= 0.3 is 11.9 Å². The van der Waals surface area contributed by atoms with E-state index in [9.17, 15) is 29.1 Å². The molecule has 1 rings (SSSR count). The van der Waals surface area contributed by atoms with Gasteiger partial charge in [-0.15, -0.1) is 0 Å². The van der Waals surface area contributed by atoms with E-state index in [1.807, 2.05) is 12.5 Å². The molecule has 0 saturated heterocycles. The van der Waals surface area contributed by atoms with Crippen molar-refractivity contribution in [2.24, 2.45) is 5.73 Å². The van der Waals surface area contributed by atoms with Gasteiger partial charge in [0.25, 0.3) is 0 Å². The first kappa shape index (κ1) is 30.3. The van der Waals surface area contributed by atoms with Crippen LogP contribution in [0.1, 0.15) is 25.0 Å². The van der Waals surface area contributed by atoms with Crippen molar-refractivity contribution in [3.05, 3.63) is 18.2 Å². The van der Waals surface area contributed by atoms with Gasteiger partial charge in [-0.05, 0) is 36.9 Å². The van der Waals surface area contributed by atoms with Gasteiger partial charge in [0.2, 0.25) is 17.7 Å². The number of thioether (sulfide) groups is 2. The summed E-state index contributed by atoms with van der Waals surface area (Å²) in [6.07, 6.45) is 6.29. The molecule has 35 heavy (non-hydrogen) atoms. The van der Waals surface area contributed by atoms with Crippen molar-refractivity contribution in [2.75, 3.05) is 24.0 Å². The molecule has 0 aliphatic carbocycles. The lowest BCUT2D eigenvalue weighted by molar-refractivity contribution is -0.147. The fraction of sp³-hybridized carbons (Fsp3) is 0.600. The lowest BCUT2D eigenvalue weighted by Crippen LogP contribution is -2.58. The number of amides is 3. The number of carboxylic acids is 2. The molecule has 0 bridgehead atoms. The first-order chi connectivity index (χ1) is 16.6. The van der Waals surface area contributed by atoms with Crippen LogP contribution in [0.25, 0.3) is 0 Å². The molecule has 13 nitrogen and oxygen atoms in total. The molecule has 0 aliphatic heterocycles. The van der Waals surface area contributed by atoms with E-state index in [1.54, 1.807) is 0 Å². The van der Waals surface area contributed by atoms with Gasteiger partial charge in [0.05, 0.1) is 18.8 Å². The molecule has 0 aromatic carbocycles. The molecule has 196 valence electrons. The van der Waals surface area contributed by atoms with Crippen molar-refractivity contribution in [3.8, 4) is 0 Å². The van der Waals surface area contributed by atoms with Crippen molar-refractivity contribution in [3.63, 3.8) is 0 Å². The highest BCUT2D eigenvalue weighted by Gasteiger charge is 2.31. The first-order valence-corrected chi connectivity index (χ1v) is 13.4. The van der Waals surface area contributed by atoms with Crippen LogP contribution in [0.2, 0.25) is 0 Å². The van der Waals surface area contributed by atoms with Gasteiger partial charge in [-0.3, -0.25) is 19.2 Å². The maximum atomic E-state index is 13.1. The molecular weight excluding hydrogens is 500 g/mol. The van der Waals surface area contributed by atoms with Crippen LogP contribution in [0.15, 0.2) is 12.5 Å². The molecule has 4 atom stereocenters. The number of carboxylic acid groups (broad SMARTS) is 2. The third-order valence-electron chi connectivity index (χ3n) is 4.82. The SMILES string of the molecule is CSCCC(N)C(=O)NC(CCSC)C(=O)NC(Cc1cnc[nH]1)C(=O)NC(CC(=O)O)C(=O)O. The van der Waals surface area contributed by atoms with E-state index in [4.69, 9.17) is 10.8 Å². The number of nitrogens with one attached hydrogen (secondary N) is 4. The summed E-state index contributed by atoms with van der Waals surface area (Å²) in [7, 11) is 0. The van der Waals surface area contributed by atoms with Crippen molar-refractivity contribution >= 4 is 53.2 Å². The molecule has 1 heterocycles. The quantitative estimate of drug-likeness (QED) is 0.126. The molecule has 15 heteroatoms. The first-order valence-electron chi connectivity index (χ1n) is 10.6. The van der Waals surface area contributed by atoms with Crippen LogP contribution in [0, 0.1) is 0 Å². The Bertz CT molecular complexity index is 855. The normalized spacial score (nSPS) is 14.3. The highest BCUT2D eigenvalue weighted by atomic mass is 32.2. The molecule has 0 radical (unpaired) electrons. The summed E-state index contributed by atoms with van der Waals surface area (Å²) in [6, 6.07) is -4.75. The number of H-pyrrole nitrogens is 1. The largest absolute Gasteiger partial charge is 0.481 e. The molecule has 0 fully saturated rings. The Morgan fingerprint density at radius 3 is 2.06 bits per heavy atom. The summed E-state index contributed by atoms with van der Waals surface area (Å²) in [5, 5.41) is 25.5. The summed E-state index contributed by atoms with van der Waals surface area (Å²) >= 11 is 3.00. The summed E-state index contributed by atoms with van der Waals surface area (Å²) in [4.78, 5) is 67.4. The molecule has 1 aromatic rings. The third kappa shape index (κ3) is 11.5. The van der Waals surface area contributed by atoms with Gasteiger partial charge in [-0.1, -0.05) is 0 Å². The van der Waals surface area contributed by atoms with Crippen LogP contribution in [0.3, 0.4) is 0 Å². The van der Waals surface area contributed by atoms with E-state index in [0.717, 1.165) is 0 Å². The molecule has 0 aliphatic rings. The molecular formula is C20H32N6O7S2. The minimum absolute atomic E-state index is 0.0760. The predicted octanol–water partition coefficient (Wildman–Crippen LogP) is -1.20. The second-order valence-electron chi connectivity index (χ2n) is 7.57. The number of hydrogen-bond acceptors (Lipinski definition) is 9. The monoisotopic (exact) mass is 532 g/mol. The maximum Gasteiger partial charge on any atom is 0.326 e. The minimum Gasteiger partial charge on any atom is -0.481 e. The molecule has 3 amide bonds. The number of hydrogen-bond donors (Lipinski definition) is 7. The minimum atomic E-state index is -1.69.